The fourth-order valence-electron chi connectivity index (χ4n) is 5.98. The number of aryl methyl sites for hydroxylation is 2. The van der Waals surface area contributed by atoms with Gasteiger partial charge in [-0.2, -0.15) is 5.10 Å². The van der Waals surface area contributed by atoms with Gasteiger partial charge in [0, 0.05) is 24.1 Å². The molecule has 0 bridgehead atoms. The van der Waals surface area contributed by atoms with Gasteiger partial charge < -0.3 is 14.7 Å². The maximum atomic E-state index is 13.1. The maximum absolute atomic E-state index is 13.1. The van der Waals surface area contributed by atoms with Crippen LogP contribution in [0.4, 0.5) is 0 Å². The van der Waals surface area contributed by atoms with Crippen LogP contribution in [0.5, 0.6) is 0 Å². The first-order chi connectivity index (χ1) is 20.0. The van der Waals surface area contributed by atoms with Crippen LogP contribution in [0.15, 0.2) is 34.9 Å². The highest BCUT2D eigenvalue weighted by molar-refractivity contribution is 5.92. The Kier molecular flexibility index (Phi) is 6.95. The van der Waals surface area contributed by atoms with E-state index in [9.17, 15) is 4.79 Å². The number of hydrogen-bond acceptors (Lipinski definition) is 6. The summed E-state index contributed by atoms with van der Waals surface area (Å²) in [5.41, 5.74) is 9.06. The molecule has 0 aliphatic heterocycles. The molecule has 0 saturated carbocycles. The van der Waals surface area contributed by atoms with Gasteiger partial charge in [0.2, 0.25) is 11.6 Å². The minimum absolute atomic E-state index is 0.00313. The van der Waals surface area contributed by atoms with Crippen LogP contribution in [0.2, 0.25) is 0 Å². The summed E-state index contributed by atoms with van der Waals surface area (Å²) in [6.45, 7) is 14.4. The number of amides is 1. The smallest absolute Gasteiger partial charge is 0.309 e. The number of carbonyl (C=O) groups excluding carboxylic acids is 1. The summed E-state index contributed by atoms with van der Waals surface area (Å²) in [4.78, 5) is 26.1. The van der Waals surface area contributed by atoms with Crippen LogP contribution in [0.25, 0.3) is 33.7 Å². The Bertz CT molecular complexity index is 1790. The Morgan fingerprint density at radius 3 is 2.67 bits per heavy atom. The molecule has 5 aromatic rings. The van der Waals surface area contributed by atoms with Gasteiger partial charge in [-0.15, -0.1) is 14.9 Å². The van der Waals surface area contributed by atoms with Gasteiger partial charge in [-0.3, -0.25) is 4.79 Å². The highest BCUT2D eigenvalue weighted by Crippen LogP contribution is 2.35. The Morgan fingerprint density at radius 1 is 1.14 bits per heavy atom. The number of fused-ring (bicyclic) bond motifs is 2. The molecule has 0 fully saturated rings. The second kappa shape index (κ2) is 10.5. The summed E-state index contributed by atoms with van der Waals surface area (Å²) in [7, 11) is 0. The van der Waals surface area contributed by atoms with Crippen LogP contribution in [-0.2, 0) is 11.8 Å². The molecule has 218 valence electrons. The maximum Gasteiger partial charge on any atom is 0.309 e. The van der Waals surface area contributed by atoms with Crippen molar-refractivity contribution in [1.29, 1.82) is 0 Å². The molecule has 0 spiro atoms. The summed E-state index contributed by atoms with van der Waals surface area (Å²) in [6.07, 6.45) is 5.69. The van der Waals surface area contributed by atoms with E-state index >= 15 is 0 Å². The van der Waals surface area contributed by atoms with Crippen LogP contribution >= 0.6 is 0 Å². The van der Waals surface area contributed by atoms with Crippen LogP contribution in [0, 0.1) is 13.8 Å². The Balaban J connectivity index is 1.32. The lowest BCUT2D eigenvalue weighted by Gasteiger charge is -2.19. The molecule has 10 nitrogen and oxygen atoms in total. The number of benzene rings is 1. The number of aromatic nitrogens is 7. The van der Waals surface area contributed by atoms with Gasteiger partial charge in [0.25, 0.3) is 0 Å². The number of hydrogen-bond donors (Lipinski definition) is 3. The third-order valence-electron chi connectivity index (χ3n) is 8.12. The zero-order valence-electron chi connectivity index (χ0n) is 25.4. The van der Waals surface area contributed by atoms with E-state index in [1.807, 2.05) is 33.0 Å². The molecule has 4 aromatic heterocycles. The molecule has 1 aliphatic rings. The molecule has 10 heteroatoms. The Labute approximate surface area is 245 Å². The van der Waals surface area contributed by atoms with E-state index in [2.05, 4.69) is 81.2 Å². The fourth-order valence-corrected chi connectivity index (χ4v) is 5.98. The minimum Gasteiger partial charge on any atom is -0.416 e. The van der Waals surface area contributed by atoms with Crippen LogP contribution in [0.1, 0.15) is 105 Å². The van der Waals surface area contributed by atoms with Crippen molar-refractivity contribution in [3.63, 3.8) is 0 Å². The molecule has 0 radical (unpaired) electrons. The summed E-state index contributed by atoms with van der Waals surface area (Å²) in [6, 6.07) is 8.75. The number of imidazole rings is 1. The first-order valence-corrected chi connectivity index (χ1v) is 14.7. The van der Waals surface area contributed by atoms with Crippen molar-refractivity contribution in [2.24, 2.45) is 0 Å². The Morgan fingerprint density at radius 2 is 1.95 bits per heavy atom. The van der Waals surface area contributed by atoms with Gasteiger partial charge in [-0.25, -0.2) is 9.97 Å². The standard InChI is InChI=1S/C32H38N8O2/c1-17(2)40-19(4)25(18(3)39-40)27-35-26-23(14-15-33-28(26)36-27)21-12-13-22-20(16-21)10-8-9-11-24(22)34-29(41)30-37-38-31(42-30)32(5,6)7/h12-17,24H,8-11H2,1-7H3,(H2,33,34,35,36,41)/p+1/t24-/m0/s1. The number of nitrogens with zero attached hydrogens (tertiary/aromatic N) is 5. The highest BCUT2D eigenvalue weighted by Gasteiger charge is 2.28. The molecule has 1 amide bonds. The molecule has 0 saturated heterocycles. The summed E-state index contributed by atoms with van der Waals surface area (Å²) in [5, 5.41) is 14.7. The van der Waals surface area contributed by atoms with E-state index in [1.54, 1.807) is 0 Å². The summed E-state index contributed by atoms with van der Waals surface area (Å²) >= 11 is 0. The normalized spacial score (nSPS) is 15.7. The van der Waals surface area contributed by atoms with E-state index in [-0.39, 0.29) is 23.3 Å². The van der Waals surface area contributed by atoms with Crippen molar-refractivity contribution < 1.29 is 13.9 Å². The predicted octanol–water partition coefficient (Wildman–Crippen LogP) is 5.98. The van der Waals surface area contributed by atoms with E-state index in [1.165, 1.54) is 5.56 Å². The van der Waals surface area contributed by atoms with Crippen molar-refractivity contribution >= 4 is 17.1 Å². The van der Waals surface area contributed by atoms with E-state index in [4.69, 9.17) is 9.40 Å². The van der Waals surface area contributed by atoms with E-state index in [0.717, 1.165) is 70.7 Å². The molecule has 4 heterocycles. The monoisotopic (exact) mass is 567 g/mol. The molecular formula is C32H39N8O2+. The van der Waals surface area contributed by atoms with Crippen molar-refractivity contribution in [3.05, 3.63) is 64.8 Å². The Hall–Kier alpha value is -4.34. The second-order valence-electron chi connectivity index (χ2n) is 12.7. The number of carbonyl (C=O) groups is 1. The molecule has 0 unspecified atom stereocenters. The zero-order valence-corrected chi connectivity index (χ0v) is 25.4. The summed E-state index contributed by atoms with van der Waals surface area (Å²) < 4.78 is 7.86. The third-order valence-corrected chi connectivity index (χ3v) is 8.12. The molecule has 1 aromatic carbocycles. The second-order valence-corrected chi connectivity index (χ2v) is 12.7. The van der Waals surface area contributed by atoms with Crippen molar-refractivity contribution in [1.82, 2.24) is 35.6 Å². The zero-order chi connectivity index (χ0) is 29.8. The number of rotatable bonds is 5. The summed E-state index contributed by atoms with van der Waals surface area (Å²) in [5.74, 6) is 0.923. The van der Waals surface area contributed by atoms with Gasteiger partial charge in [0.05, 0.1) is 17.3 Å². The lowest BCUT2D eigenvalue weighted by Crippen LogP contribution is -2.40. The van der Waals surface area contributed by atoms with E-state index < -0.39 is 0 Å². The quantitative estimate of drug-likeness (QED) is 0.177. The minimum atomic E-state index is -0.338. The van der Waals surface area contributed by atoms with Crippen molar-refractivity contribution in [2.75, 3.05) is 0 Å². The van der Waals surface area contributed by atoms with Crippen LogP contribution in [-0.4, -0.2) is 36.2 Å². The van der Waals surface area contributed by atoms with E-state index in [0.29, 0.717) is 17.6 Å². The lowest BCUT2D eigenvalue weighted by atomic mass is 9.94. The fraction of sp³-hybridized carbons (Fsp3) is 0.438. The largest absolute Gasteiger partial charge is 0.416 e. The van der Waals surface area contributed by atoms with Gasteiger partial charge in [-0.1, -0.05) is 45.4 Å². The predicted molar refractivity (Wildman–Crippen MR) is 160 cm³/mol. The first kappa shape index (κ1) is 27.8. The van der Waals surface area contributed by atoms with Gasteiger partial charge >= 0.3 is 11.8 Å². The number of nitrogens with one attached hydrogen (secondary N) is 3. The van der Waals surface area contributed by atoms with Crippen LogP contribution < -0.4 is 10.00 Å². The van der Waals surface area contributed by atoms with Crippen LogP contribution in [0.3, 0.4) is 0 Å². The van der Waals surface area contributed by atoms with Crippen molar-refractivity contribution in [3.8, 4) is 22.5 Å². The average Bonchev–Trinajstić information content (AvgIpc) is 3.64. The average molecular weight is 568 g/mol. The number of pyridine rings is 1. The van der Waals surface area contributed by atoms with Gasteiger partial charge in [0.15, 0.2) is 11.7 Å². The first-order valence-electron chi connectivity index (χ1n) is 14.7. The molecule has 42 heavy (non-hydrogen) atoms. The highest BCUT2D eigenvalue weighted by atomic mass is 16.4. The SMILES string of the molecule is Cc1[nH][n+](C(C)C)c(C)c1-c1nc2nccc(-c3ccc4c(c3)CCCC[C@@H]4NC(=O)c3nnc(C(C)(C)C)o3)c2[nH]1. The molecule has 6 rings (SSSR count). The number of H-pyrrole nitrogens is 2. The van der Waals surface area contributed by atoms with Gasteiger partial charge in [-0.05, 0) is 62.8 Å². The molecule has 1 atom stereocenters. The molecule has 3 N–H and O–H groups in total. The lowest BCUT2D eigenvalue weighted by molar-refractivity contribution is -0.772. The van der Waals surface area contributed by atoms with Crippen molar-refractivity contribution in [2.45, 2.75) is 91.6 Å². The topological polar surface area (TPSA) is 129 Å². The molecule has 1 aliphatic carbocycles. The number of aromatic amines is 2. The third kappa shape index (κ3) is 4.99. The van der Waals surface area contributed by atoms with Gasteiger partial charge in [0.1, 0.15) is 11.4 Å². The molecular weight excluding hydrogens is 528 g/mol.